The van der Waals surface area contributed by atoms with Crippen molar-refractivity contribution < 1.29 is 4.39 Å². The average Bonchev–Trinajstić information content (AvgIpc) is 3.13. The highest BCUT2D eigenvalue weighted by Gasteiger charge is 2.27. The van der Waals surface area contributed by atoms with Gasteiger partial charge >= 0.3 is 0 Å². The Balaban J connectivity index is 2.14. The molecule has 1 aliphatic rings. The Labute approximate surface area is 98.5 Å². The third-order valence-corrected chi connectivity index (χ3v) is 3.03. The Morgan fingerprint density at radius 1 is 1.18 bits per heavy atom. The number of hydrogen-bond acceptors (Lipinski definition) is 3. The second-order valence-corrected chi connectivity index (χ2v) is 4.31. The second-order valence-electron chi connectivity index (χ2n) is 4.31. The van der Waals surface area contributed by atoms with E-state index < -0.39 is 5.95 Å². The molecule has 0 aliphatic heterocycles. The van der Waals surface area contributed by atoms with Crippen molar-refractivity contribution in [3.8, 4) is 11.1 Å². The molecule has 2 N–H and O–H groups in total. The van der Waals surface area contributed by atoms with E-state index in [1.165, 1.54) is 12.8 Å². The SMILES string of the molecule is Nc1ccc(-c2cnccc2C2CC2)c(F)n1. The van der Waals surface area contributed by atoms with Crippen LogP contribution in [0.2, 0.25) is 0 Å². The molecule has 86 valence electrons. The molecule has 2 aromatic rings. The van der Waals surface area contributed by atoms with Crippen LogP contribution in [0, 0.1) is 5.95 Å². The number of nitrogens with zero attached hydrogens (tertiary/aromatic N) is 2. The zero-order valence-electron chi connectivity index (χ0n) is 9.23. The van der Waals surface area contributed by atoms with Crippen molar-refractivity contribution in [1.29, 1.82) is 0 Å². The molecule has 2 heterocycles. The van der Waals surface area contributed by atoms with Crippen LogP contribution < -0.4 is 5.73 Å². The van der Waals surface area contributed by atoms with Crippen molar-refractivity contribution in [2.75, 3.05) is 5.73 Å². The number of aromatic nitrogens is 2. The summed E-state index contributed by atoms with van der Waals surface area (Å²) in [6.45, 7) is 0. The zero-order chi connectivity index (χ0) is 11.8. The first-order valence-corrected chi connectivity index (χ1v) is 5.62. The lowest BCUT2D eigenvalue weighted by atomic mass is 10.0. The van der Waals surface area contributed by atoms with Gasteiger partial charge in [0.1, 0.15) is 5.82 Å². The number of rotatable bonds is 2. The Kier molecular flexibility index (Phi) is 2.28. The number of nitrogen functional groups attached to an aromatic ring is 1. The van der Waals surface area contributed by atoms with Crippen molar-refractivity contribution in [3.63, 3.8) is 0 Å². The largest absolute Gasteiger partial charge is 0.384 e. The molecule has 0 unspecified atom stereocenters. The summed E-state index contributed by atoms with van der Waals surface area (Å²) in [6.07, 6.45) is 5.78. The van der Waals surface area contributed by atoms with Crippen molar-refractivity contribution in [1.82, 2.24) is 9.97 Å². The molecule has 0 aromatic carbocycles. The van der Waals surface area contributed by atoms with Gasteiger partial charge in [-0.05, 0) is 42.5 Å². The van der Waals surface area contributed by atoms with Crippen LogP contribution in [0.15, 0.2) is 30.6 Å². The number of nitrogens with two attached hydrogens (primary N) is 1. The molecule has 0 saturated heterocycles. The predicted molar refractivity (Wildman–Crippen MR) is 63.8 cm³/mol. The van der Waals surface area contributed by atoms with Gasteiger partial charge in [0.15, 0.2) is 0 Å². The zero-order valence-corrected chi connectivity index (χ0v) is 9.23. The normalized spacial score (nSPS) is 14.9. The summed E-state index contributed by atoms with van der Waals surface area (Å²) < 4.78 is 13.8. The summed E-state index contributed by atoms with van der Waals surface area (Å²) in [5.74, 6) is 0.216. The van der Waals surface area contributed by atoms with Crippen LogP contribution in [0.5, 0.6) is 0 Å². The Hall–Kier alpha value is -1.97. The Bertz CT molecular complexity index is 564. The minimum absolute atomic E-state index is 0.197. The molecule has 17 heavy (non-hydrogen) atoms. The number of hydrogen-bond donors (Lipinski definition) is 1. The van der Waals surface area contributed by atoms with Crippen LogP contribution in [0.1, 0.15) is 24.3 Å². The van der Waals surface area contributed by atoms with E-state index in [4.69, 9.17) is 5.73 Å². The molecule has 0 spiro atoms. The first kappa shape index (κ1) is 10.2. The fourth-order valence-electron chi connectivity index (χ4n) is 2.03. The molecule has 4 heteroatoms. The summed E-state index contributed by atoms with van der Waals surface area (Å²) in [7, 11) is 0. The van der Waals surface area contributed by atoms with Crippen molar-refractivity contribution in [3.05, 3.63) is 42.1 Å². The van der Waals surface area contributed by atoms with E-state index in [2.05, 4.69) is 9.97 Å². The van der Waals surface area contributed by atoms with Crippen LogP contribution in [0.3, 0.4) is 0 Å². The van der Waals surface area contributed by atoms with Gasteiger partial charge in [0.05, 0.1) is 0 Å². The fourth-order valence-corrected chi connectivity index (χ4v) is 2.03. The van der Waals surface area contributed by atoms with Gasteiger partial charge in [-0.25, -0.2) is 4.98 Å². The maximum absolute atomic E-state index is 13.8. The van der Waals surface area contributed by atoms with Crippen LogP contribution >= 0.6 is 0 Å². The van der Waals surface area contributed by atoms with E-state index in [1.54, 1.807) is 24.5 Å². The fraction of sp³-hybridized carbons (Fsp3) is 0.231. The lowest BCUT2D eigenvalue weighted by Gasteiger charge is -2.08. The van der Waals surface area contributed by atoms with E-state index in [9.17, 15) is 4.39 Å². The van der Waals surface area contributed by atoms with Gasteiger partial charge in [-0.2, -0.15) is 4.39 Å². The van der Waals surface area contributed by atoms with E-state index in [0.717, 1.165) is 11.1 Å². The Morgan fingerprint density at radius 2 is 2.00 bits per heavy atom. The lowest BCUT2D eigenvalue weighted by molar-refractivity contribution is 0.589. The highest BCUT2D eigenvalue weighted by molar-refractivity contribution is 5.68. The molecule has 0 radical (unpaired) electrons. The molecule has 2 aromatic heterocycles. The van der Waals surface area contributed by atoms with E-state index >= 15 is 0 Å². The second kappa shape index (κ2) is 3.80. The molecular formula is C13H12FN3. The Morgan fingerprint density at radius 3 is 2.71 bits per heavy atom. The molecular weight excluding hydrogens is 217 g/mol. The van der Waals surface area contributed by atoms with Crippen molar-refractivity contribution in [2.45, 2.75) is 18.8 Å². The molecule has 0 bridgehead atoms. The quantitative estimate of drug-likeness (QED) is 0.805. The van der Waals surface area contributed by atoms with Gasteiger partial charge in [-0.1, -0.05) is 0 Å². The first-order valence-electron chi connectivity index (χ1n) is 5.62. The van der Waals surface area contributed by atoms with E-state index in [1.807, 2.05) is 6.07 Å². The number of pyridine rings is 2. The number of halogens is 1. The van der Waals surface area contributed by atoms with Crippen LogP contribution in [-0.2, 0) is 0 Å². The minimum Gasteiger partial charge on any atom is -0.384 e. The van der Waals surface area contributed by atoms with Gasteiger partial charge in [0.2, 0.25) is 5.95 Å². The van der Waals surface area contributed by atoms with Crippen LogP contribution in [-0.4, -0.2) is 9.97 Å². The summed E-state index contributed by atoms with van der Waals surface area (Å²) in [5.41, 5.74) is 7.92. The summed E-state index contributed by atoms with van der Waals surface area (Å²) in [4.78, 5) is 7.72. The number of anilines is 1. The molecule has 1 saturated carbocycles. The third-order valence-electron chi connectivity index (χ3n) is 3.03. The maximum Gasteiger partial charge on any atom is 0.222 e. The van der Waals surface area contributed by atoms with Crippen molar-refractivity contribution >= 4 is 5.82 Å². The van der Waals surface area contributed by atoms with Crippen LogP contribution in [0.25, 0.3) is 11.1 Å². The molecule has 0 atom stereocenters. The smallest absolute Gasteiger partial charge is 0.222 e. The highest BCUT2D eigenvalue weighted by atomic mass is 19.1. The molecule has 3 nitrogen and oxygen atoms in total. The van der Waals surface area contributed by atoms with Crippen molar-refractivity contribution in [2.24, 2.45) is 0 Å². The van der Waals surface area contributed by atoms with Gasteiger partial charge < -0.3 is 5.73 Å². The highest BCUT2D eigenvalue weighted by Crippen LogP contribution is 2.44. The third kappa shape index (κ3) is 1.86. The maximum atomic E-state index is 13.8. The van der Waals surface area contributed by atoms with Gasteiger partial charge in [-0.15, -0.1) is 0 Å². The summed E-state index contributed by atoms with van der Waals surface area (Å²) >= 11 is 0. The minimum atomic E-state index is -0.528. The summed E-state index contributed by atoms with van der Waals surface area (Å²) in [6, 6.07) is 5.24. The molecule has 0 amide bonds. The topological polar surface area (TPSA) is 51.8 Å². The standard InChI is InChI=1S/C13H12FN3/c14-13-10(3-4-12(15)17-13)11-7-16-6-5-9(11)8-1-2-8/h3-8H,1-2H2,(H2,15,17). The van der Waals surface area contributed by atoms with Gasteiger partial charge in [0.25, 0.3) is 0 Å². The predicted octanol–water partition coefficient (Wildman–Crippen LogP) is 2.74. The summed E-state index contributed by atoms with van der Waals surface area (Å²) in [5, 5.41) is 0. The van der Waals surface area contributed by atoms with Crippen LogP contribution in [0.4, 0.5) is 10.2 Å². The van der Waals surface area contributed by atoms with Gasteiger partial charge in [0, 0.05) is 23.5 Å². The monoisotopic (exact) mass is 229 g/mol. The lowest BCUT2D eigenvalue weighted by Crippen LogP contribution is -1.97. The van der Waals surface area contributed by atoms with E-state index in [-0.39, 0.29) is 5.82 Å². The average molecular weight is 229 g/mol. The first-order chi connectivity index (χ1) is 8.25. The van der Waals surface area contributed by atoms with E-state index in [0.29, 0.717) is 11.5 Å². The molecule has 1 fully saturated rings. The molecule has 1 aliphatic carbocycles. The molecule has 3 rings (SSSR count). The van der Waals surface area contributed by atoms with Gasteiger partial charge in [-0.3, -0.25) is 4.98 Å².